The summed E-state index contributed by atoms with van der Waals surface area (Å²) >= 11 is 4.54. The van der Waals surface area contributed by atoms with Gasteiger partial charge in [0.15, 0.2) is 0 Å². The minimum Gasteiger partial charge on any atom is -0.301 e. The predicted molar refractivity (Wildman–Crippen MR) is 63.2 cm³/mol. The molecule has 0 unspecified atom stereocenters. The topological polar surface area (TPSA) is 29.1 Å². The fraction of sp³-hybridized carbons (Fsp3) is 0.300. The summed E-state index contributed by atoms with van der Waals surface area (Å²) in [5, 5.41) is 0. The lowest BCUT2D eigenvalue weighted by molar-refractivity contribution is -0.111. The number of benzene rings is 1. The van der Waals surface area contributed by atoms with Gasteiger partial charge in [0.05, 0.1) is 5.54 Å². The van der Waals surface area contributed by atoms with Gasteiger partial charge in [-0.25, -0.2) is 9.11 Å². The summed E-state index contributed by atoms with van der Waals surface area (Å²) in [4.78, 5) is 11.5. The quantitative estimate of drug-likeness (QED) is 0.682. The number of hydrogen-bond donors (Lipinski definition) is 1. The van der Waals surface area contributed by atoms with Crippen LogP contribution in [0.3, 0.4) is 0 Å². The van der Waals surface area contributed by atoms with E-state index < -0.39 is 5.54 Å². The van der Waals surface area contributed by atoms with Crippen LogP contribution in [0, 0.1) is 5.82 Å². The first-order chi connectivity index (χ1) is 6.94. The number of aldehydes is 1. The van der Waals surface area contributed by atoms with Crippen LogP contribution in [-0.2, 0) is 4.79 Å². The lowest BCUT2D eigenvalue weighted by atomic mass is 10.1. The van der Waals surface area contributed by atoms with Crippen molar-refractivity contribution in [2.45, 2.75) is 24.3 Å². The predicted octanol–water partition coefficient (Wildman–Crippen LogP) is 3.16. The Morgan fingerprint density at radius 3 is 2.73 bits per heavy atom. The van der Waals surface area contributed by atoms with Crippen LogP contribution in [0.1, 0.15) is 13.8 Å². The van der Waals surface area contributed by atoms with Crippen molar-refractivity contribution in [3.8, 4) is 0 Å². The monoisotopic (exact) mass is 291 g/mol. The van der Waals surface area contributed by atoms with E-state index in [0.29, 0.717) is 4.47 Å². The molecule has 0 bridgehead atoms. The fourth-order valence-electron chi connectivity index (χ4n) is 0.769. The number of hydrogen-bond acceptors (Lipinski definition) is 3. The molecule has 0 saturated heterocycles. The van der Waals surface area contributed by atoms with E-state index in [1.807, 2.05) is 0 Å². The Kier molecular flexibility index (Phi) is 4.31. The first kappa shape index (κ1) is 12.7. The highest BCUT2D eigenvalue weighted by molar-refractivity contribution is 9.10. The van der Waals surface area contributed by atoms with Crippen LogP contribution in [0.4, 0.5) is 4.39 Å². The highest BCUT2D eigenvalue weighted by atomic mass is 79.9. The summed E-state index contributed by atoms with van der Waals surface area (Å²) in [5.41, 5.74) is -0.599. The van der Waals surface area contributed by atoms with Gasteiger partial charge in [0.1, 0.15) is 12.1 Å². The van der Waals surface area contributed by atoms with Crippen molar-refractivity contribution >= 4 is 34.2 Å². The second-order valence-electron chi connectivity index (χ2n) is 3.62. The van der Waals surface area contributed by atoms with E-state index in [4.69, 9.17) is 0 Å². The smallest absolute Gasteiger partial charge is 0.140 e. The third-order valence-electron chi connectivity index (χ3n) is 1.61. The van der Waals surface area contributed by atoms with Crippen LogP contribution in [0.15, 0.2) is 27.6 Å². The second kappa shape index (κ2) is 5.09. The van der Waals surface area contributed by atoms with Gasteiger partial charge in [0.25, 0.3) is 0 Å². The Labute approximate surface area is 101 Å². The van der Waals surface area contributed by atoms with Gasteiger partial charge < -0.3 is 4.79 Å². The molecule has 0 aliphatic carbocycles. The number of carbonyl (C=O) groups excluding carboxylic acids is 1. The zero-order valence-corrected chi connectivity index (χ0v) is 10.8. The van der Waals surface area contributed by atoms with Gasteiger partial charge in [-0.05, 0) is 59.9 Å². The molecule has 1 aromatic carbocycles. The van der Waals surface area contributed by atoms with Crippen molar-refractivity contribution in [1.29, 1.82) is 0 Å². The van der Waals surface area contributed by atoms with E-state index in [0.717, 1.165) is 11.2 Å². The summed E-state index contributed by atoms with van der Waals surface area (Å²) in [5.74, 6) is -0.291. The molecule has 0 atom stereocenters. The third kappa shape index (κ3) is 3.93. The normalized spacial score (nSPS) is 11.5. The number of halogens is 2. The van der Waals surface area contributed by atoms with Crippen LogP contribution >= 0.6 is 27.9 Å². The maximum absolute atomic E-state index is 12.8. The van der Waals surface area contributed by atoms with E-state index in [1.54, 1.807) is 19.9 Å². The van der Waals surface area contributed by atoms with E-state index in [2.05, 4.69) is 20.7 Å². The van der Waals surface area contributed by atoms with Gasteiger partial charge in [-0.15, -0.1) is 0 Å². The van der Waals surface area contributed by atoms with E-state index in [9.17, 15) is 9.18 Å². The van der Waals surface area contributed by atoms with Crippen molar-refractivity contribution < 1.29 is 9.18 Å². The molecule has 0 fully saturated rings. The maximum Gasteiger partial charge on any atom is 0.140 e. The molecule has 15 heavy (non-hydrogen) atoms. The van der Waals surface area contributed by atoms with Crippen LogP contribution in [0.5, 0.6) is 0 Å². The largest absolute Gasteiger partial charge is 0.301 e. The highest BCUT2D eigenvalue weighted by Gasteiger charge is 2.16. The van der Waals surface area contributed by atoms with Crippen LogP contribution in [0.2, 0.25) is 0 Å². The van der Waals surface area contributed by atoms with Crippen LogP contribution in [-0.4, -0.2) is 11.8 Å². The summed E-state index contributed by atoms with van der Waals surface area (Å²) in [7, 11) is 0. The van der Waals surface area contributed by atoms with Gasteiger partial charge in [-0.2, -0.15) is 0 Å². The molecule has 0 aromatic heterocycles. The molecular weight excluding hydrogens is 281 g/mol. The molecule has 1 rings (SSSR count). The van der Waals surface area contributed by atoms with Crippen molar-refractivity contribution in [3.05, 3.63) is 28.5 Å². The standard InChI is InChI=1S/C10H11BrFNOS/c1-10(2,6-14)13-15-9-4-3-7(12)5-8(9)11/h3-6,13H,1-2H3. The Balaban J connectivity index is 2.70. The van der Waals surface area contributed by atoms with Gasteiger partial charge in [-0.3, -0.25) is 0 Å². The average Bonchev–Trinajstić information content (AvgIpc) is 2.16. The summed E-state index contributed by atoms with van der Waals surface area (Å²) < 4.78 is 16.4. The van der Waals surface area contributed by atoms with Crippen molar-refractivity contribution in [2.24, 2.45) is 0 Å². The van der Waals surface area contributed by atoms with E-state index in [1.165, 1.54) is 24.1 Å². The summed E-state index contributed by atoms with van der Waals surface area (Å²) in [6.45, 7) is 3.54. The molecule has 1 N–H and O–H groups in total. The fourth-order valence-corrected chi connectivity index (χ4v) is 2.08. The number of rotatable bonds is 4. The minimum absolute atomic E-state index is 0.291. The molecule has 5 heteroatoms. The number of carbonyl (C=O) groups is 1. The molecule has 0 radical (unpaired) electrons. The van der Waals surface area contributed by atoms with Crippen molar-refractivity contribution in [3.63, 3.8) is 0 Å². The minimum atomic E-state index is -0.599. The molecule has 0 spiro atoms. The molecule has 2 nitrogen and oxygen atoms in total. The average molecular weight is 292 g/mol. The molecule has 82 valence electrons. The Bertz CT molecular complexity index is 370. The van der Waals surface area contributed by atoms with Crippen molar-refractivity contribution in [2.75, 3.05) is 0 Å². The van der Waals surface area contributed by atoms with Crippen LogP contribution < -0.4 is 4.72 Å². The molecule has 0 aliphatic rings. The van der Waals surface area contributed by atoms with Gasteiger partial charge >= 0.3 is 0 Å². The Hall–Kier alpha value is -0.390. The zero-order chi connectivity index (χ0) is 11.5. The highest BCUT2D eigenvalue weighted by Crippen LogP contribution is 2.27. The number of nitrogens with one attached hydrogen (secondary N) is 1. The summed E-state index contributed by atoms with van der Waals surface area (Å²) in [6, 6.07) is 4.42. The first-order valence-corrected chi connectivity index (χ1v) is 5.91. The van der Waals surface area contributed by atoms with Gasteiger partial charge in [0.2, 0.25) is 0 Å². The maximum atomic E-state index is 12.8. The molecule has 0 heterocycles. The Morgan fingerprint density at radius 1 is 1.53 bits per heavy atom. The second-order valence-corrected chi connectivity index (χ2v) is 5.32. The van der Waals surface area contributed by atoms with E-state index >= 15 is 0 Å². The first-order valence-electron chi connectivity index (χ1n) is 4.30. The molecule has 0 saturated carbocycles. The lowest BCUT2D eigenvalue weighted by Crippen LogP contribution is -2.35. The third-order valence-corrected chi connectivity index (χ3v) is 3.74. The molecular formula is C10H11BrFNOS. The summed E-state index contributed by atoms with van der Waals surface area (Å²) in [6.07, 6.45) is 0.831. The molecule has 0 amide bonds. The van der Waals surface area contributed by atoms with Gasteiger partial charge in [-0.1, -0.05) is 0 Å². The molecule has 1 aromatic rings. The van der Waals surface area contributed by atoms with Crippen LogP contribution in [0.25, 0.3) is 0 Å². The lowest BCUT2D eigenvalue weighted by Gasteiger charge is -2.18. The Morgan fingerprint density at radius 2 is 2.20 bits per heavy atom. The van der Waals surface area contributed by atoms with Crippen molar-refractivity contribution in [1.82, 2.24) is 4.72 Å². The van der Waals surface area contributed by atoms with E-state index in [-0.39, 0.29) is 5.82 Å². The van der Waals surface area contributed by atoms with Gasteiger partial charge in [0, 0.05) is 9.37 Å². The SMILES string of the molecule is CC(C)(C=O)NSc1ccc(F)cc1Br. The molecule has 0 aliphatic heterocycles. The zero-order valence-electron chi connectivity index (χ0n) is 8.38.